The molecule has 0 atom stereocenters. The van der Waals surface area contributed by atoms with Gasteiger partial charge >= 0.3 is 10.5 Å². The van der Waals surface area contributed by atoms with Crippen LogP contribution < -0.4 is 9.61 Å². The predicted molar refractivity (Wildman–Crippen MR) is 148 cm³/mol. The van der Waals surface area contributed by atoms with Crippen LogP contribution in [0.1, 0.15) is 50.7 Å². The number of nitrogens with zero attached hydrogens (tertiary/aromatic N) is 2. The smallest absolute Gasteiger partial charge is 0.357 e. The van der Waals surface area contributed by atoms with Gasteiger partial charge in [-0.3, -0.25) is 9.78 Å². The van der Waals surface area contributed by atoms with Gasteiger partial charge in [0.05, 0.1) is 17.1 Å². The number of fused-ring (bicyclic) bond motifs is 4. The Labute approximate surface area is 219 Å². The maximum atomic E-state index is 14.0. The molecule has 0 aliphatic heterocycles. The number of hydrogen-bond donors (Lipinski definition) is 1. The van der Waals surface area contributed by atoms with Crippen LogP contribution in [0.15, 0.2) is 53.6 Å². The van der Waals surface area contributed by atoms with Crippen LogP contribution in [0, 0.1) is 12.3 Å². The number of aryl methyl sites for hydroxylation is 1. The molecule has 0 radical (unpaired) electrons. The van der Waals surface area contributed by atoms with Crippen LogP contribution in [0.5, 0.6) is 5.75 Å². The van der Waals surface area contributed by atoms with Crippen molar-refractivity contribution in [2.24, 2.45) is 0 Å². The third kappa shape index (κ3) is 4.52. The normalized spacial score (nSPS) is 12.0. The van der Waals surface area contributed by atoms with Gasteiger partial charge in [0.25, 0.3) is 0 Å². The van der Waals surface area contributed by atoms with Gasteiger partial charge in [0.15, 0.2) is 11.2 Å². The Bertz CT molecular complexity index is 1930. The maximum Gasteiger partial charge on any atom is 0.488 e. The molecule has 0 aliphatic rings. The minimum atomic E-state index is -5.20. The molecule has 3 aromatic heterocycles. The number of aromatic nitrogens is 3. The molecule has 0 bridgehead atoms. The molecular formula is C29H26FN3O4S. The van der Waals surface area contributed by atoms with E-state index in [-0.39, 0.29) is 17.1 Å². The summed E-state index contributed by atoms with van der Waals surface area (Å²) in [6.07, 6.45) is 10.1. The van der Waals surface area contributed by atoms with Gasteiger partial charge in [0.1, 0.15) is 5.65 Å². The van der Waals surface area contributed by atoms with E-state index in [9.17, 15) is 17.1 Å². The molecule has 0 amide bonds. The summed E-state index contributed by atoms with van der Waals surface area (Å²) in [5.41, 5.74) is 5.01. The first kappa shape index (κ1) is 25.5. The third-order valence-electron chi connectivity index (χ3n) is 6.72. The Hall–Kier alpha value is -4.16. The lowest BCUT2D eigenvalue weighted by Gasteiger charge is -2.19. The van der Waals surface area contributed by atoms with Gasteiger partial charge in [-0.05, 0) is 53.8 Å². The highest BCUT2D eigenvalue weighted by atomic mass is 32.3. The van der Waals surface area contributed by atoms with Crippen molar-refractivity contribution in [1.29, 1.82) is 0 Å². The minimum absolute atomic E-state index is 0.0178. The number of pyridine rings is 2. The van der Waals surface area contributed by atoms with Gasteiger partial charge in [-0.2, -0.15) is 8.42 Å². The minimum Gasteiger partial charge on any atom is -0.357 e. The number of H-pyrrole nitrogens is 1. The SMILES string of the molecule is C#Cc1ccc2c(c1)[nH]c1c2c(=O)c2cc(C(C)C)c(-c3cncc(OS(=O)(=O)F)c3)cc2n1CCCC. The van der Waals surface area contributed by atoms with Gasteiger partial charge < -0.3 is 13.7 Å². The number of benzene rings is 2. The van der Waals surface area contributed by atoms with Crippen molar-refractivity contribution in [3.05, 3.63) is 70.1 Å². The van der Waals surface area contributed by atoms with E-state index in [1.807, 2.05) is 44.2 Å². The van der Waals surface area contributed by atoms with Gasteiger partial charge in [-0.25, -0.2) is 0 Å². The van der Waals surface area contributed by atoms with Crippen molar-refractivity contribution >= 4 is 43.3 Å². The van der Waals surface area contributed by atoms with E-state index in [1.165, 1.54) is 6.07 Å². The second kappa shape index (κ2) is 9.62. The number of rotatable bonds is 7. The van der Waals surface area contributed by atoms with Crippen LogP contribution in [-0.4, -0.2) is 23.0 Å². The first-order valence-electron chi connectivity index (χ1n) is 12.3. The highest BCUT2D eigenvalue weighted by Gasteiger charge is 2.20. The van der Waals surface area contributed by atoms with E-state index in [0.29, 0.717) is 28.5 Å². The average Bonchev–Trinajstić information content (AvgIpc) is 3.25. The van der Waals surface area contributed by atoms with Crippen molar-refractivity contribution in [3.8, 4) is 29.2 Å². The summed E-state index contributed by atoms with van der Waals surface area (Å²) in [6.45, 7) is 6.78. The van der Waals surface area contributed by atoms with E-state index in [1.54, 1.807) is 6.20 Å². The monoisotopic (exact) mass is 531 g/mol. The zero-order valence-electron chi connectivity index (χ0n) is 21.2. The summed E-state index contributed by atoms with van der Waals surface area (Å²) in [5, 5.41) is 2.00. The number of unbranched alkanes of at least 4 members (excludes halogenated alkanes) is 1. The number of hydrogen-bond acceptors (Lipinski definition) is 5. The quantitative estimate of drug-likeness (QED) is 0.199. The molecule has 7 nitrogen and oxygen atoms in total. The molecule has 2 aromatic carbocycles. The fourth-order valence-electron chi connectivity index (χ4n) is 4.97. The molecule has 0 spiro atoms. The summed E-state index contributed by atoms with van der Waals surface area (Å²) in [5.74, 6) is 2.42. The van der Waals surface area contributed by atoms with Crippen LogP contribution >= 0.6 is 0 Å². The van der Waals surface area contributed by atoms with Crippen molar-refractivity contribution in [2.45, 2.75) is 46.1 Å². The number of terminal acetylenes is 1. The van der Waals surface area contributed by atoms with Gasteiger partial charge in [-0.1, -0.05) is 43.1 Å². The first-order valence-corrected chi connectivity index (χ1v) is 13.6. The maximum absolute atomic E-state index is 14.0. The van der Waals surface area contributed by atoms with E-state index in [2.05, 4.69) is 31.6 Å². The number of nitrogens with one attached hydrogen (secondary N) is 1. The highest BCUT2D eigenvalue weighted by molar-refractivity contribution is 7.81. The lowest BCUT2D eigenvalue weighted by molar-refractivity contribution is 0.439. The molecular weight excluding hydrogens is 505 g/mol. The summed E-state index contributed by atoms with van der Waals surface area (Å²) >= 11 is 0. The second-order valence-corrected chi connectivity index (χ2v) is 10.5. The fourth-order valence-corrected chi connectivity index (χ4v) is 5.29. The topological polar surface area (TPSA) is 94.1 Å². The van der Waals surface area contributed by atoms with E-state index in [0.717, 1.165) is 52.1 Å². The molecule has 0 aliphatic carbocycles. The van der Waals surface area contributed by atoms with Crippen LogP contribution in [0.2, 0.25) is 0 Å². The Kier molecular flexibility index (Phi) is 6.45. The first-order chi connectivity index (χ1) is 18.1. The lowest BCUT2D eigenvalue weighted by atomic mass is 9.91. The Balaban J connectivity index is 1.87. The van der Waals surface area contributed by atoms with Crippen molar-refractivity contribution in [1.82, 2.24) is 14.5 Å². The molecule has 5 aromatic rings. The molecule has 194 valence electrons. The van der Waals surface area contributed by atoms with Crippen LogP contribution in [-0.2, 0) is 17.0 Å². The summed E-state index contributed by atoms with van der Waals surface area (Å²) in [7, 11) is -5.20. The van der Waals surface area contributed by atoms with Crippen molar-refractivity contribution in [3.63, 3.8) is 0 Å². The van der Waals surface area contributed by atoms with Crippen molar-refractivity contribution < 1.29 is 16.5 Å². The lowest BCUT2D eigenvalue weighted by Crippen LogP contribution is -2.12. The predicted octanol–water partition coefficient (Wildman–Crippen LogP) is 6.20. The fraction of sp³-hybridized carbons (Fsp3) is 0.241. The standard InChI is InChI=1S/C29H26FN3O4S/c1-5-7-10-33-26-14-23(19-12-20(16-31-15-19)37-38(30,35)36)22(17(3)4)13-24(26)28(34)27-21-9-8-18(6-2)11-25(21)32-29(27)33/h2,8-9,11-17,32H,5,7,10H2,1,3-4H3. The van der Waals surface area contributed by atoms with Gasteiger partial charge in [0.2, 0.25) is 0 Å². The average molecular weight is 532 g/mol. The molecule has 1 N–H and O–H groups in total. The number of aromatic amines is 1. The molecule has 5 rings (SSSR count). The molecule has 3 heterocycles. The van der Waals surface area contributed by atoms with E-state index < -0.39 is 10.5 Å². The number of halogens is 1. The van der Waals surface area contributed by atoms with Gasteiger partial charge in [-0.15, -0.1) is 6.42 Å². The van der Waals surface area contributed by atoms with Crippen LogP contribution in [0.4, 0.5) is 3.89 Å². The summed E-state index contributed by atoms with van der Waals surface area (Å²) in [6, 6.07) is 10.8. The van der Waals surface area contributed by atoms with Crippen LogP contribution in [0.3, 0.4) is 0 Å². The molecule has 38 heavy (non-hydrogen) atoms. The zero-order chi connectivity index (χ0) is 27.2. The summed E-state index contributed by atoms with van der Waals surface area (Å²) in [4.78, 5) is 21.4. The molecule has 0 unspecified atom stereocenters. The van der Waals surface area contributed by atoms with Crippen molar-refractivity contribution in [2.75, 3.05) is 0 Å². The van der Waals surface area contributed by atoms with E-state index >= 15 is 0 Å². The second-order valence-electron chi connectivity index (χ2n) is 9.58. The third-order valence-corrected chi connectivity index (χ3v) is 7.11. The molecule has 0 saturated heterocycles. The Morgan fingerprint density at radius 2 is 1.95 bits per heavy atom. The van der Waals surface area contributed by atoms with Gasteiger partial charge in [0, 0.05) is 40.2 Å². The Morgan fingerprint density at radius 1 is 1.16 bits per heavy atom. The molecule has 9 heteroatoms. The summed E-state index contributed by atoms with van der Waals surface area (Å²) < 4.78 is 41.8. The highest BCUT2D eigenvalue weighted by Crippen LogP contribution is 2.36. The Morgan fingerprint density at radius 3 is 2.63 bits per heavy atom. The van der Waals surface area contributed by atoms with Crippen LogP contribution in [0.25, 0.3) is 44.0 Å². The largest absolute Gasteiger partial charge is 0.488 e. The molecule has 0 fully saturated rings. The molecule has 0 saturated carbocycles. The van der Waals surface area contributed by atoms with E-state index in [4.69, 9.17) is 6.42 Å². The zero-order valence-corrected chi connectivity index (χ0v) is 22.0.